The van der Waals surface area contributed by atoms with Gasteiger partial charge in [-0.1, -0.05) is 18.2 Å². The van der Waals surface area contributed by atoms with E-state index < -0.39 is 0 Å². The van der Waals surface area contributed by atoms with Gasteiger partial charge in [0.1, 0.15) is 0 Å². The van der Waals surface area contributed by atoms with E-state index in [2.05, 4.69) is 16.7 Å². The van der Waals surface area contributed by atoms with E-state index in [1.54, 1.807) is 23.1 Å². The summed E-state index contributed by atoms with van der Waals surface area (Å²) in [5.41, 5.74) is 0.765. The Labute approximate surface area is 138 Å². The van der Waals surface area contributed by atoms with E-state index in [-0.39, 0.29) is 11.9 Å². The van der Waals surface area contributed by atoms with E-state index in [4.69, 9.17) is 5.26 Å². The molecular weight excluding hydrogens is 314 g/mol. The molecule has 0 aliphatic heterocycles. The Morgan fingerprint density at radius 3 is 2.91 bits per heavy atom. The lowest BCUT2D eigenvalue weighted by Crippen LogP contribution is -2.28. The predicted octanol–water partition coefficient (Wildman–Crippen LogP) is 4.32. The molecule has 1 aromatic carbocycles. The topological polar surface area (TPSA) is 64.9 Å². The van der Waals surface area contributed by atoms with Gasteiger partial charge in [0.25, 0.3) is 0 Å². The van der Waals surface area contributed by atoms with Crippen molar-refractivity contribution in [3.8, 4) is 6.07 Å². The molecule has 1 unspecified atom stereocenters. The molecule has 1 heterocycles. The first-order valence-electron chi connectivity index (χ1n) is 6.87. The highest BCUT2D eigenvalue weighted by molar-refractivity contribution is 7.99. The molecule has 6 heteroatoms. The SMILES string of the molecule is CC(C#N)CSc1ccccc1NC(=O)NCc1cccs1. The van der Waals surface area contributed by atoms with Gasteiger partial charge in [0, 0.05) is 15.5 Å². The number of carbonyl (C=O) groups is 1. The van der Waals surface area contributed by atoms with Crippen LogP contribution in [-0.2, 0) is 6.54 Å². The third kappa shape index (κ3) is 5.10. The summed E-state index contributed by atoms with van der Waals surface area (Å²) in [6, 6.07) is 13.5. The van der Waals surface area contributed by atoms with Crippen molar-refractivity contribution in [2.24, 2.45) is 5.92 Å². The number of benzene rings is 1. The van der Waals surface area contributed by atoms with Gasteiger partial charge < -0.3 is 10.6 Å². The van der Waals surface area contributed by atoms with Gasteiger partial charge in [0.2, 0.25) is 0 Å². The zero-order chi connectivity index (χ0) is 15.8. The maximum absolute atomic E-state index is 12.0. The lowest BCUT2D eigenvalue weighted by molar-refractivity contribution is 0.252. The van der Waals surface area contributed by atoms with Gasteiger partial charge in [0.15, 0.2) is 0 Å². The van der Waals surface area contributed by atoms with Crippen molar-refractivity contribution in [2.45, 2.75) is 18.4 Å². The van der Waals surface area contributed by atoms with E-state index >= 15 is 0 Å². The van der Waals surface area contributed by atoms with Crippen molar-refractivity contribution in [1.29, 1.82) is 5.26 Å². The Balaban J connectivity index is 1.91. The van der Waals surface area contributed by atoms with Crippen LogP contribution in [0, 0.1) is 17.2 Å². The molecule has 0 bridgehead atoms. The van der Waals surface area contributed by atoms with Crippen LogP contribution in [0.5, 0.6) is 0 Å². The minimum Gasteiger partial charge on any atom is -0.333 e. The highest BCUT2D eigenvalue weighted by Crippen LogP contribution is 2.28. The van der Waals surface area contributed by atoms with Crippen LogP contribution in [0.25, 0.3) is 0 Å². The fourth-order valence-corrected chi connectivity index (χ4v) is 3.29. The minimum absolute atomic E-state index is 0.0225. The van der Waals surface area contributed by atoms with Crippen molar-refractivity contribution < 1.29 is 4.79 Å². The van der Waals surface area contributed by atoms with E-state index in [0.717, 1.165) is 15.5 Å². The van der Waals surface area contributed by atoms with Crippen LogP contribution < -0.4 is 10.6 Å². The number of para-hydroxylation sites is 1. The number of thioether (sulfide) groups is 1. The van der Waals surface area contributed by atoms with Gasteiger partial charge in [-0.05, 0) is 30.5 Å². The number of hydrogen-bond acceptors (Lipinski definition) is 4. The van der Waals surface area contributed by atoms with E-state index in [1.165, 1.54) is 0 Å². The van der Waals surface area contributed by atoms with E-state index in [9.17, 15) is 4.79 Å². The lowest BCUT2D eigenvalue weighted by Gasteiger charge is -2.11. The minimum atomic E-state index is -0.227. The average Bonchev–Trinajstić information content (AvgIpc) is 3.05. The molecule has 0 spiro atoms. The average molecular weight is 331 g/mol. The number of amides is 2. The summed E-state index contributed by atoms with van der Waals surface area (Å²) < 4.78 is 0. The van der Waals surface area contributed by atoms with Gasteiger partial charge in [-0.2, -0.15) is 5.26 Å². The van der Waals surface area contributed by atoms with Crippen LogP contribution in [0.3, 0.4) is 0 Å². The summed E-state index contributed by atoms with van der Waals surface area (Å²) in [5.74, 6) is 0.678. The molecule has 2 amide bonds. The van der Waals surface area contributed by atoms with Gasteiger partial charge in [-0.3, -0.25) is 0 Å². The van der Waals surface area contributed by atoms with Crippen LogP contribution in [0.4, 0.5) is 10.5 Å². The maximum atomic E-state index is 12.0. The molecule has 2 N–H and O–H groups in total. The van der Waals surface area contributed by atoms with Crippen molar-refractivity contribution in [2.75, 3.05) is 11.1 Å². The zero-order valence-corrected chi connectivity index (χ0v) is 13.8. The summed E-state index contributed by atoms with van der Waals surface area (Å²) in [6.07, 6.45) is 0. The quantitative estimate of drug-likeness (QED) is 0.775. The first kappa shape index (κ1) is 16.4. The second kappa shape index (κ2) is 8.47. The van der Waals surface area contributed by atoms with E-state index in [1.807, 2.05) is 48.7 Å². The molecule has 0 saturated carbocycles. The summed E-state index contributed by atoms with van der Waals surface area (Å²) in [5, 5.41) is 16.5. The van der Waals surface area contributed by atoms with Crippen molar-refractivity contribution in [3.63, 3.8) is 0 Å². The van der Waals surface area contributed by atoms with Gasteiger partial charge in [0.05, 0.1) is 24.2 Å². The first-order valence-corrected chi connectivity index (χ1v) is 8.74. The summed E-state index contributed by atoms with van der Waals surface area (Å²) in [4.78, 5) is 14.1. The van der Waals surface area contributed by atoms with E-state index in [0.29, 0.717) is 12.3 Å². The standard InChI is InChI=1S/C16H17N3OS2/c1-12(9-17)11-22-15-7-3-2-6-14(15)19-16(20)18-10-13-5-4-8-21-13/h2-8,12H,10-11H2,1H3,(H2,18,19,20). The number of nitriles is 1. The van der Waals surface area contributed by atoms with Crippen molar-refractivity contribution in [3.05, 3.63) is 46.7 Å². The third-order valence-electron chi connectivity index (χ3n) is 2.85. The molecular formula is C16H17N3OS2. The highest BCUT2D eigenvalue weighted by atomic mass is 32.2. The number of nitrogens with one attached hydrogen (secondary N) is 2. The van der Waals surface area contributed by atoms with Crippen LogP contribution >= 0.6 is 23.1 Å². The third-order valence-corrected chi connectivity index (χ3v) is 5.06. The number of carbonyl (C=O) groups excluding carboxylic acids is 1. The molecule has 22 heavy (non-hydrogen) atoms. The summed E-state index contributed by atoms with van der Waals surface area (Å²) in [6.45, 7) is 2.40. The van der Waals surface area contributed by atoms with Gasteiger partial charge in [-0.25, -0.2) is 4.79 Å². The van der Waals surface area contributed by atoms with Crippen molar-refractivity contribution >= 4 is 34.8 Å². The second-order valence-electron chi connectivity index (χ2n) is 4.72. The second-order valence-corrected chi connectivity index (χ2v) is 6.82. The molecule has 1 aromatic heterocycles. The Hall–Kier alpha value is -1.97. The highest BCUT2D eigenvalue weighted by Gasteiger charge is 2.08. The predicted molar refractivity (Wildman–Crippen MR) is 92.1 cm³/mol. The fourth-order valence-electron chi connectivity index (χ4n) is 1.69. The largest absolute Gasteiger partial charge is 0.333 e. The Bertz CT molecular complexity index is 650. The van der Waals surface area contributed by atoms with Crippen LogP contribution in [0.2, 0.25) is 0 Å². The Morgan fingerprint density at radius 1 is 1.36 bits per heavy atom. The van der Waals surface area contributed by atoms with Crippen LogP contribution in [0.15, 0.2) is 46.7 Å². The summed E-state index contributed by atoms with van der Waals surface area (Å²) in [7, 11) is 0. The Morgan fingerprint density at radius 2 is 2.18 bits per heavy atom. The molecule has 0 saturated heterocycles. The molecule has 2 rings (SSSR count). The zero-order valence-electron chi connectivity index (χ0n) is 12.2. The molecule has 0 aliphatic rings. The van der Waals surface area contributed by atoms with Crippen LogP contribution in [0.1, 0.15) is 11.8 Å². The first-order chi connectivity index (χ1) is 10.7. The van der Waals surface area contributed by atoms with Gasteiger partial charge in [-0.15, -0.1) is 23.1 Å². The lowest BCUT2D eigenvalue weighted by atomic mass is 10.3. The molecule has 1 atom stereocenters. The monoisotopic (exact) mass is 331 g/mol. The van der Waals surface area contributed by atoms with Crippen LogP contribution in [-0.4, -0.2) is 11.8 Å². The molecule has 2 aromatic rings. The number of anilines is 1. The van der Waals surface area contributed by atoms with Gasteiger partial charge >= 0.3 is 6.03 Å². The normalized spacial score (nSPS) is 11.5. The summed E-state index contributed by atoms with van der Waals surface area (Å²) >= 11 is 3.19. The molecule has 0 radical (unpaired) electrons. The maximum Gasteiger partial charge on any atom is 0.319 e. The number of hydrogen-bond donors (Lipinski definition) is 2. The Kier molecular flexibility index (Phi) is 6.31. The number of urea groups is 1. The molecule has 0 aliphatic carbocycles. The van der Waals surface area contributed by atoms with Crippen molar-refractivity contribution in [1.82, 2.24) is 5.32 Å². The number of rotatable bonds is 6. The smallest absolute Gasteiger partial charge is 0.319 e. The molecule has 0 fully saturated rings. The molecule has 4 nitrogen and oxygen atoms in total. The molecule has 114 valence electrons. The number of nitrogens with zero attached hydrogens (tertiary/aromatic N) is 1. The fraction of sp³-hybridized carbons (Fsp3) is 0.250. The number of thiophene rings is 1.